The highest BCUT2D eigenvalue weighted by molar-refractivity contribution is 6.34. The third kappa shape index (κ3) is 5.26. The molecule has 2 amide bonds. The largest absolute Gasteiger partial charge is 0.468 e. The lowest BCUT2D eigenvalue weighted by molar-refractivity contribution is -0.139. The second-order valence-electron chi connectivity index (χ2n) is 6.63. The number of pyridine rings is 1. The molecule has 31 heavy (non-hydrogen) atoms. The molecule has 2 N–H and O–H groups in total. The van der Waals surface area contributed by atoms with Gasteiger partial charge >= 0.3 is 5.97 Å². The van der Waals surface area contributed by atoms with Crippen molar-refractivity contribution in [3.05, 3.63) is 70.1 Å². The number of hydrogen-bond acceptors (Lipinski definition) is 6. The molecule has 0 aliphatic rings. The molecule has 0 aliphatic carbocycles. The number of aromatic nitrogens is 3. The first-order chi connectivity index (χ1) is 14.8. The van der Waals surface area contributed by atoms with Crippen LogP contribution < -0.4 is 10.6 Å². The molecule has 9 nitrogen and oxygen atoms in total. The van der Waals surface area contributed by atoms with E-state index < -0.39 is 17.8 Å². The fourth-order valence-corrected chi connectivity index (χ4v) is 2.98. The monoisotopic (exact) mass is 441 g/mol. The normalized spacial score (nSPS) is 10.5. The van der Waals surface area contributed by atoms with E-state index in [1.54, 1.807) is 28.9 Å². The zero-order chi connectivity index (χ0) is 22.5. The van der Waals surface area contributed by atoms with Crippen molar-refractivity contribution in [3.63, 3.8) is 0 Å². The van der Waals surface area contributed by atoms with Gasteiger partial charge in [-0.25, -0.2) is 9.67 Å². The molecule has 3 rings (SSSR count). The standard InChI is InChI=1S/C21H20ClN5O4/c1-12-10-13(2)27(26-12)17-9-8-16(22)19(25-17)21(30)24-15-6-4-14(5-7-15)20(29)23-11-18(28)31-3/h4-10H,11H2,1-3H3,(H,23,29)(H,24,30). The van der Waals surface area contributed by atoms with Crippen molar-refractivity contribution in [1.82, 2.24) is 20.1 Å². The molecule has 0 aliphatic heterocycles. The van der Waals surface area contributed by atoms with Crippen molar-refractivity contribution in [1.29, 1.82) is 0 Å². The molecule has 0 spiro atoms. The number of ether oxygens (including phenoxy) is 1. The van der Waals surface area contributed by atoms with Gasteiger partial charge in [0.05, 0.1) is 17.8 Å². The van der Waals surface area contributed by atoms with Crippen molar-refractivity contribution >= 4 is 35.1 Å². The molecule has 2 heterocycles. The number of nitrogens with zero attached hydrogens (tertiary/aromatic N) is 3. The number of amides is 2. The van der Waals surface area contributed by atoms with Gasteiger partial charge in [-0.1, -0.05) is 11.6 Å². The highest BCUT2D eigenvalue weighted by Crippen LogP contribution is 2.19. The zero-order valence-corrected chi connectivity index (χ0v) is 17.9. The summed E-state index contributed by atoms with van der Waals surface area (Å²) < 4.78 is 6.10. The van der Waals surface area contributed by atoms with Gasteiger partial charge in [-0.15, -0.1) is 0 Å². The number of esters is 1. The molecule has 0 unspecified atom stereocenters. The van der Waals surface area contributed by atoms with E-state index >= 15 is 0 Å². The Labute approximate surface area is 183 Å². The van der Waals surface area contributed by atoms with Crippen LogP contribution in [0.1, 0.15) is 32.2 Å². The third-order valence-corrected chi connectivity index (χ3v) is 4.60. The third-order valence-electron chi connectivity index (χ3n) is 4.30. The van der Waals surface area contributed by atoms with Crippen LogP contribution in [0.15, 0.2) is 42.5 Å². The van der Waals surface area contributed by atoms with Gasteiger partial charge in [-0.3, -0.25) is 14.4 Å². The van der Waals surface area contributed by atoms with Crippen molar-refractivity contribution in [3.8, 4) is 5.82 Å². The molecular weight excluding hydrogens is 422 g/mol. The number of halogens is 1. The molecule has 10 heteroatoms. The van der Waals surface area contributed by atoms with E-state index in [2.05, 4.69) is 25.5 Å². The minimum atomic E-state index is -0.552. The summed E-state index contributed by atoms with van der Waals surface area (Å²) in [6.07, 6.45) is 0. The molecule has 0 bridgehead atoms. The quantitative estimate of drug-likeness (QED) is 0.568. The van der Waals surface area contributed by atoms with Gasteiger partial charge in [0.15, 0.2) is 5.82 Å². The minimum Gasteiger partial charge on any atom is -0.468 e. The summed E-state index contributed by atoms with van der Waals surface area (Å²) in [6.45, 7) is 3.52. The number of nitrogens with one attached hydrogen (secondary N) is 2. The summed E-state index contributed by atoms with van der Waals surface area (Å²) in [7, 11) is 1.24. The Morgan fingerprint density at radius 1 is 1.06 bits per heavy atom. The summed E-state index contributed by atoms with van der Waals surface area (Å²) in [5.41, 5.74) is 2.52. The number of carbonyl (C=O) groups excluding carboxylic acids is 3. The Morgan fingerprint density at radius 3 is 2.39 bits per heavy atom. The summed E-state index contributed by atoms with van der Waals surface area (Å²) in [5, 5.41) is 9.70. The highest BCUT2D eigenvalue weighted by Gasteiger charge is 2.16. The van der Waals surface area contributed by atoms with Gasteiger partial charge in [-0.2, -0.15) is 5.10 Å². The summed E-state index contributed by atoms with van der Waals surface area (Å²) >= 11 is 6.19. The lowest BCUT2D eigenvalue weighted by atomic mass is 10.2. The van der Waals surface area contributed by atoms with E-state index in [0.717, 1.165) is 11.4 Å². The number of hydrogen-bond donors (Lipinski definition) is 2. The molecule has 3 aromatic rings. The maximum absolute atomic E-state index is 12.7. The van der Waals surface area contributed by atoms with Crippen LogP contribution in [-0.2, 0) is 9.53 Å². The van der Waals surface area contributed by atoms with E-state index in [1.807, 2.05) is 19.9 Å². The van der Waals surface area contributed by atoms with E-state index in [9.17, 15) is 14.4 Å². The van der Waals surface area contributed by atoms with E-state index in [-0.39, 0.29) is 17.3 Å². The van der Waals surface area contributed by atoms with Crippen LogP contribution in [0.5, 0.6) is 0 Å². The first-order valence-electron chi connectivity index (χ1n) is 9.25. The number of rotatable bonds is 6. The van der Waals surface area contributed by atoms with Crippen LogP contribution in [0, 0.1) is 13.8 Å². The molecule has 0 radical (unpaired) electrons. The SMILES string of the molecule is COC(=O)CNC(=O)c1ccc(NC(=O)c2nc(-n3nc(C)cc3C)ccc2Cl)cc1. The second kappa shape index (κ2) is 9.40. The Morgan fingerprint density at radius 2 is 1.77 bits per heavy atom. The van der Waals surface area contributed by atoms with Gasteiger partial charge in [0.1, 0.15) is 12.2 Å². The lowest BCUT2D eigenvalue weighted by Crippen LogP contribution is -2.30. The smallest absolute Gasteiger partial charge is 0.325 e. The minimum absolute atomic E-state index is 0.0478. The van der Waals surface area contributed by atoms with Crippen LogP contribution in [-0.4, -0.2) is 46.2 Å². The number of methoxy groups -OCH3 is 1. The van der Waals surface area contributed by atoms with Crippen LogP contribution in [0.4, 0.5) is 5.69 Å². The molecule has 160 valence electrons. The molecule has 0 saturated carbocycles. The number of carbonyl (C=O) groups is 3. The zero-order valence-electron chi connectivity index (χ0n) is 17.1. The molecular formula is C21H20ClN5O4. The first-order valence-corrected chi connectivity index (χ1v) is 9.63. The molecule has 2 aromatic heterocycles. The molecule has 0 atom stereocenters. The van der Waals surface area contributed by atoms with E-state index in [4.69, 9.17) is 11.6 Å². The van der Waals surface area contributed by atoms with Crippen LogP contribution in [0.2, 0.25) is 5.02 Å². The van der Waals surface area contributed by atoms with Crippen LogP contribution in [0.25, 0.3) is 5.82 Å². The number of anilines is 1. The van der Waals surface area contributed by atoms with Gasteiger partial charge in [0.2, 0.25) is 0 Å². The van der Waals surface area contributed by atoms with Gasteiger partial charge in [0, 0.05) is 16.9 Å². The van der Waals surface area contributed by atoms with Crippen LogP contribution >= 0.6 is 11.6 Å². The topological polar surface area (TPSA) is 115 Å². The predicted molar refractivity (Wildman–Crippen MR) is 115 cm³/mol. The Kier molecular flexibility index (Phi) is 6.66. The Bertz CT molecular complexity index is 1140. The van der Waals surface area contributed by atoms with Gasteiger partial charge in [-0.05, 0) is 56.3 Å². The summed E-state index contributed by atoms with van der Waals surface area (Å²) in [4.78, 5) is 40.2. The lowest BCUT2D eigenvalue weighted by Gasteiger charge is -2.10. The summed E-state index contributed by atoms with van der Waals surface area (Å²) in [6, 6.07) is 11.3. The summed E-state index contributed by atoms with van der Waals surface area (Å²) in [5.74, 6) is -1.02. The van der Waals surface area contributed by atoms with Crippen molar-refractivity contribution in [2.75, 3.05) is 19.0 Å². The molecule has 0 fully saturated rings. The molecule has 0 saturated heterocycles. The van der Waals surface area contributed by atoms with Crippen molar-refractivity contribution in [2.45, 2.75) is 13.8 Å². The predicted octanol–water partition coefficient (Wildman–Crippen LogP) is 2.69. The van der Waals surface area contributed by atoms with Crippen molar-refractivity contribution < 1.29 is 19.1 Å². The highest BCUT2D eigenvalue weighted by atomic mass is 35.5. The van der Waals surface area contributed by atoms with Crippen molar-refractivity contribution in [2.24, 2.45) is 0 Å². The number of benzene rings is 1. The Hall–Kier alpha value is -3.72. The molecule has 1 aromatic carbocycles. The fraction of sp³-hybridized carbons (Fsp3) is 0.190. The Balaban J connectivity index is 1.73. The average molecular weight is 442 g/mol. The number of aryl methyl sites for hydroxylation is 2. The fourth-order valence-electron chi connectivity index (χ4n) is 2.79. The second-order valence-corrected chi connectivity index (χ2v) is 7.04. The van der Waals surface area contributed by atoms with Gasteiger partial charge < -0.3 is 15.4 Å². The maximum atomic E-state index is 12.7. The van der Waals surface area contributed by atoms with Gasteiger partial charge in [0.25, 0.3) is 11.8 Å². The van der Waals surface area contributed by atoms with Crippen LogP contribution in [0.3, 0.4) is 0 Å². The first kappa shape index (κ1) is 22.0. The maximum Gasteiger partial charge on any atom is 0.325 e. The van der Waals surface area contributed by atoms with E-state index in [0.29, 0.717) is 17.1 Å². The van der Waals surface area contributed by atoms with E-state index in [1.165, 1.54) is 19.2 Å². The average Bonchev–Trinajstić information content (AvgIpc) is 3.10.